The number of unbranched alkanes of at least 4 members (excludes halogenated alkanes) is 3. The molecule has 0 radical (unpaired) electrons. The second-order valence-electron chi connectivity index (χ2n) is 2.35. The lowest BCUT2D eigenvalue weighted by atomic mass is 10.2. The Bertz CT molecular complexity index is 150. The van der Waals surface area contributed by atoms with Crippen molar-refractivity contribution < 1.29 is 9.09 Å². The minimum atomic E-state index is -3.29. The van der Waals surface area contributed by atoms with Gasteiger partial charge in [-0.25, -0.2) is 0 Å². The fraction of sp³-hybridized carbons (Fsp3) is 1.00. The largest absolute Gasteiger partial charge is 0.380 e. The molecule has 0 aromatic carbocycles. The molecule has 0 fully saturated rings. The molecule has 0 aliphatic carbocycles. The first-order chi connectivity index (χ1) is 5.56. The minimum Gasteiger partial charge on any atom is -0.306 e. The van der Waals surface area contributed by atoms with E-state index in [1.165, 1.54) is 0 Å². The Morgan fingerprint density at radius 3 is 2.25 bits per heavy atom. The zero-order chi connectivity index (χ0) is 9.45. The van der Waals surface area contributed by atoms with E-state index in [0.717, 1.165) is 31.0 Å². The maximum atomic E-state index is 10.6. The molecule has 0 heterocycles. The summed E-state index contributed by atoms with van der Waals surface area (Å²) in [6.45, 7) is 0.382. The molecule has 0 aliphatic rings. The molecule has 0 N–H and O–H groups in total. The van der Waals surface area contributed by atoms with Crippen LogP contribution in [-0.2, 0) is 9.09 Å². The smallest absolute Gasteiger partial charge is 0.306 e. The monoisotopic (exact) mass is 296 g/mol. The van der Waals surface area contributed by atoms with Gasteiger partial charge in [0.25, 0.3) is 0 Å². The molecule has 0 amide bonds. The van der Waals surface area contributed by atoms with Gasteiger partial charge in [-0.05, 0) is 35.3 Å². The Morgan fingerprint density at radius 2 is 1.75 bits per heavy atom. The second kappa shape index (κ2) is 7.64. The lowest BCUT2D eigenvalue weighted by Gasteiger charge is -2.02. The van der Waals surface area contributed by atoms with Gasteiger partial charge in [0.1, 0.15) is 0 Å². The number of hydrogen-bond acceptors (Lipinski definition) is 2. The van der Waals surface area contributed by atoms with Crippen LogP contribution in [-0.4, -0.2) is 11.9 Å². The van der Waals surface area contributed by atoms with Gasteiger partial charge in [-0.15, -0.1) is 0 Å². The summed E-state index contributed by atoms with van der Waals surface area (Å²) in [5.41, 5.74) is 0. The van der Waals surface area contributed by atoms with Gasteiger partial charge in [0.15, 0.2) is 0 Å². The van der Waals surface area contributed by atoms with Crippen LogP contribution in [0.15, 0.2) is 0 Å². The number of hydrogen-bond donors (Lipinski definition) is 0. The third-order valence-corrected chi connectivity index (χ3v) is 2.90. The summed E-state index contributed by atoms with van der Waals surface area (Å²) >= 11 is 13.7. The van der Waals surface area contributed by atoms with Gasteiger partial charge in [0, 0.05) is 5.33 Å². The van der Waals surface area contributed by atoms with E-state index in [2.05, 4.69) is 20.5 Å². The molecule has 0 saturated heterocycles. The van der Waals surface area contributed by atoms with Gasteiger partial charge in [0.05, 0.1) is 6.61 Å². The maximum Gasteiger partial charge on any atom is 0.380 e. The van der Waals surface area contributed by atoms with Crippen LogP contribution in [0.25, 0.3) is 0 Å². The van der Waals surface area contributed by atoms with Crippen molar-refractivity contribution in [1.82, 2.24) is 0 Å². The fourth-order valence-corrected chi connectivity index (χ4v) is 1.87. The summed E-state index contributed by atoms with van der Waals surface area (Å²) < 4.78 is 15.3. The van der Waals surface area contributed by atoms with Crippen LogP contribution in [0, 0.1) is 0 Å². The van der Waals surface area contributed by atoms with Gasteiger partial charge in [-0.1, -0.05) is 28.8 Å². The van der Waals surface area contributed by atoms with Crippen molar-refractivity contribution in [3.63, 3.8) is 0 Å². The molecule has 0 unspecified atom stereocenters. The highest BCUT2D eigenvalue weighted by molar-refractivity contribution is 9.09. The average Bonchev–Trinajstić information content (AvgIpc) is 1.94. The minimum absolute atomic E-state index is 0.382. The highest BCUT2D eigenvalue weighted by atomic mass is 79.9. The standard InChI is InChI=1S/C6H12BrCl2O2P/c7-5-3-1-2-4-6-11-12(8,9)10/h1-6H2. The van der Waals surface area contributed by atoms with E-state index in [1.54, 1.807) is 0 Å². The van der Waals surface area contributed by atoms with Crippen molar-refractivity contribution in [1.29, 1.82) is 0 Å². The molecule has 0 atom stereocenters. The molecule has 0 bridgehead atoms. The third kappa shape index (κ3) is 11.2. The first-order valence-corrected chi connectivity index (χ1v) is 8.32. The van der Waals surface area contributed by atoms with Gasteiger partial charge < -0.3 is 4.52 Å². The zero-order valence-corrected chi connectivity index (χ0v) is 10.6. The van der Waals surface area contributed by atoms with Gasteiger partial charge >= 0.3 is 6.07 Å². The van der Waals surface area contributed by atoms with Crippen LogP contribution in [0.4, 0.5) is 0 Å². The fourth-order valence-electron chi connectivity index (χ4n) is 0.721. The first kappa shape index (κ1) is 13.2. The number of alkyl halides is 1. The van der Waals surface area contributed by atoms with Crippen LogP contribution >= 0.6 is 44.5 Å². The van der Waals surface area contributed by atoms with E-state index in [9.17, 15) is 4.57 Å². The predicted octanol–water partition coefficient (Wildman–Crippen LogP) is 4.54. The van der Waals surface area contributed by atoms with E-state index in [1.807, 2.05) is 0 Å². The first-order valence-electron chi connectivity index (χ1n) is 3.76. The molecular formula is C6H12BrCl2O2P. The van der Waals surface area contributed by atoms with Gasteiger partial charge in [-0.3, -0.25) is 4.57 Å². The molecule has 0 spiro atoms. The van der Waals surface area contributed by atoms with Gasteiger partial charge in [0.2, 0.25) is 0 Å². The van der Waals surface area contributed by atoms with Crippen LogP contribution in [0.5, 0.6) is 0 Å². The Morgan fingerprint density at radius 1 is 1.17 bits per heavy atom. The third-order valence-electron chi connectivity index (χ3n) is 1.27. The Hall–Kier alpha value is 1.25. The Kier molecular flexibility index (Phi) is 8.43. The van der Waals surface area contributed by atoms with E-state index < -0.39 is 6.07 Å². The molecule has 0 aliphatic heterocycles. The van der Waals surface area contributed by atoms with Crippen LogP contribution < -0.4 is 0 Å². The van der Waals surface area contributed by atoms with Crippen molar-refractivity contribution in [3.05, 3.63) is 0 Å². The number of rotatable bonds is 7. The highest BCUT2D eigenvalue weighted by Gasteiger charge is 2.12. The topological polar surface area (TPSA) is 26.3 Å². The van der Waals surface area contributed by atoms with Crippen molar-refractivity contribution in [2.24, 2.45) is 0 Å². The molecular weight excluding hydrogens is 286 g/mol. The second-order valence-corrected chi connectivity index (χ2v) is 7.42. The lowest BCUT2D eigenvalue weighted by Crippen LogP contribution is -1.87. The quantitative estimate of drug-likeness (QED) is 0.392. The predicted molar refractivity (Wildman–Crippen MR) is 57.5 cm³/mol. The van der Waals surface area contributed by atoms with Crippen molar-refractivity contribution >= 4 is 44.5 Å². The van der Waals surface area contributed by atoms with Crippen molar-refractivity contribution in [3.8, 4) is 0 Å². The van der Waals surface area contributed by atoms with E-state index in [4.69, 9.17) is 22.5 Å². The average molecular weight is 298 g/mol. The maximum absolute atomic E-state index is 10.6. The Labute approximate surface area is 91.1 Å². The zero-order valence-electron chi connectivity index (χ0n) is 6.64. The van der Waals surface area contributed by atoms with Gasteiger partial charge in [-0.2, -0.15) is 0 Å². The lowest BCUT2D eigenvalue weighted by molar-refractivity contribution is 0.321. The molecule has 6 heteroatoms. The molecule has 0 saturated carbocycles. The molecule has 0 aromatic heterocycles. The van der Waals surface area contributed by atoms with Crippen LogP contribution in [0.2, 0.25) is 0 Å². The van der Waals surface area contributed by atoms with Crippen LogP contribution in [0.3, 0.4) is 0 Å². The van der Waals surface area contributed by atoms with Crippen molar-refractivity contribution in [2.45, 2.75) is 25.7 Å². The van der Waals surface area contributed by atoms with Crippen LogP contribution in [0.1, 0.15) is 25.7 Å². The highest BCUT2D eigenvalue weighted by Crippen LogP contribution is 2.57. The van der Waals surface area contributed by atoms with E-state index >= 15 is 0 Å². The summed E-state index contributed by atoms with van der Waals surface area (Å²) in [4.78, 5) is 0. The Balaban J connectivity index is 3.06. The van der Waals surface area contributed by atoms with Crippen molar-refractivity contribution in [2.75, 3.05) is 11.9 Å². The summed E-state index contributed by atoms with van der Waals surface area (Å²) in [5, 5.41) is 1.03. The molecule has 74 valence electrons. The molecule has 0 rings (SSSR count). The molecule has 0 aromatic rings. The summed E-state index contributed by atoms with van der Waals surface area (Å²) in [6.07, 6.45) is 0.921. The van der Waals surface area contributed by atoms with E-state index in [-0.39, 0.29) is 0 Å². The summed E-state index contributed by atoms with van der Waals surface area (Å²) in [5.74, 6) is 0. The SMILES string of the molecule is O=P(Cl)(Cl)OCCCCCCBr. The normalized spacial score (nSPS) is 11.9. The summed E-state index contributed by atoms with van der Waals surface area (Å²) in [7, 11) is 0. The summed E-state index contributed by atoms with van der Waals surface area (Å²) in [6, 6.07) is 0. The molecule has 2 nitrogen and oxygen atoms in total. The number of halogens is 3. The van der Waals surface area contributed by atoms with E-state index in [0.29, 0.717) is 6.61 Å². The molecule has 12 heavy (non-hydrogen) atoms.